The molecule has 0 saturated carbocycles. The molecule has 0 unspecified atom stereocenters. The van der Waals surface area contributed by atoms with E-state index in [1.807, 2.05) is 13.1 Å². The minimum atomic E-state index is -0.909. The van der Waals surface area contributed by atoms with Crippen molar-refractivity contribution in [1.82, 2.24) is 0 Å². The first-order chi connectivity index (χ1) is 9.08. The van der Waals surface area contributed by atoms with Crippen LogP contribution in [0.5, 0.6) is 0 Å². The van der Waals surface area contributed by atoms with Crippen molar-refractivity contribution in [2.75, 3.05) is 18.5 Å². The van der Waals surface area contributed by atoms with Gasteiger partial charge in [0, 0.05) is 22.9 Å². The van der Waals surface area contributed by atoms with Gasteiger partial charge in [-0.05, 0) is 52.0 Å². The number of aromatic carboxylic acids is 1. The van der Waals surface area contributed by atoms with Gasteiger partial charge in [-0.2, -0.15) is 0 Å². The maximum atomic E-state index is 10.9. The Balaban J connectivity index is 2.06. The third-order valence-electron chi connectivity index (χ3n) is 2.88. The van der Waals surface area contributed by atoms with E-state index in [-0.39, 0.29) is 0 Å². The lowest BCUT2D eigenvalue weighted by atomic mass is 10.2. The fourth-order valence-corrected chi connectivity index (χ4v) is 3.18. The van der Waals surface area contributed by atoms with Crippen molar-refractivity contribution in [1.29, 1.82) is 0 Å². The Bertz CT molecular complexity index is 569. The molecule has 100 valence electrons. The number of anilines is 1. The molecule has 3 nitrogen and oxygen atoms in total. The highest BCUT2D eigenvalue weighted by atomic mass is 79.9. The van der Waals surface area contributed by atoms with Crippen molar-refractivity contribution in [3.05, 3.63) is 50.6 Å². The van der Waals surface area contributed by atoms with E-state index in [1.165, 1.54) is 4.88 Å². The molecule has 1 aromatic heterocycles. The van der Waals surface area contributed by atoms with Crippen molar-refractivity contribution in [2.45, 2.75) is 6.42 Å². The summed E-state index contributed by atoms with van der Waals surface area (Å²) in [5.74, 6) is -0.909. The van der Waals surface area contributed by atoms with Gasteiger partial charge in [0.05, 0.1) is 11.3 Å². The molecular formula is C14H14BrNO2S. The minimum Gasteiger partial charge on any atom is -0.478 e. The Kier molecular flexibility index (Phi) is 4.61. The number of likely N-dealkylation sites (N-methyl/N-ethyl adjacent to an activating group) is 1. The second kappa shape index (κ2) is 6.21. The molecule has 1 N–H and O–H groups in total. The number of hydrogen-bond acceptors (Lipinski definition) is 3. The Labute approximate surface area is 124 Å². The standard InChI is InChI=1S/C14H14BrNO2S/c1-16(7-6-11-3-2-8-19-11)13-5-4-10(14(17)18)9-12(13)15/h2-5,8-9H,6-7H2,1H3,(H,17,18). The zero-order chi connectivity index (χ0) is 13.8. The monoisotopic (exact) mass is 339 g/mol. The van der Waals surface area contributed by atoms with Crippen molar-refractivity contribution < 1.29 is 9.90 Å². The van der Waals surface area contributed by atoms with Crippen LogP contribution in [-0.4, -0.2) is 24.7 Å². The summed E-state index contributed by atoms with van der Waals surface area (Å²) in [7, 11) is 2.01. The molecule has 0 amide bonds. The molecule has 0 aliphatic heterocycles. The number of benzene rings is 1. The van der Waals surface area contributed by atoms with Crippen LogP contribution in [0, 0.1) is 0 Å². The van der Waals surface area contributed by atoms with Gasteiger partial charge in [0.15, 0.2) is 0 Å². The van der Waals surface area contributed by atoms with Gasteiger partial charge in [0.2, 0.25) is 0 Å². The molecule has 2 aromatic rings. The zero-order valence-electron chi connectivity index (χ0n) is 10.5. The van der Waals surface area contributed by atoms with Gasteiger partial charge in [-0.3, -0.25) is 0 Å². The largest absolute Gasteiger partial charge is 0.478 e. The lowest BCUT2D eigenvalue weighted by Gasteiger charge is -2.20. The number of rotatable bonds is 5. The first-order valence-corrected chi connectivity index (χ1v) is 7.51. The molecule has 0 saturated heterocycles. The second-order valence-electron chi connectivity index (χ2n) is 4.22. The third-order valence-corrected chi connectivity index (χ3v) is 4.45. The quantitative estimate of drug-likeness (QED) is 0.898. The van der Waals surface area contributed by atoms with Gasteiger partial charge in [0.25, 0.3) is 0 Å². The fraction of sp³-hybridized carbons (Fsp3) is 0.214. The number of carbonyl (C=O) groups is 1. The minimum absolute atomic E-state index is 0.294. The van der Waals surface area contributed by atoms with Crippen molar-refractivity contribution in [2.24, 2.45) is 0 Å². The van der Waals surface area contributed by atoms with Crippen LogP contribution in [0.2, 0.25) is 0 Å². The van der Waals surface area contributed by atoms with E-state index in [1.54, 1.807) is 23.5 Å². The van der Waals surface area contributed by atoms with Crippen LogP contribution >= 0.6 is 27.3 Å². The molecule has 0 spiro atoms. The lowest BCUT2D eigenvalue weighted by molar-refractivity contribution is 0.0697. The van der Waals surface area contributed by atoms with Gasteiger partial charge in [-0.25, -0.2) is 4.79 Å². The summed E-state index contributed by atoms with van der Waals surface area (Å²) >= 11 is 5.19. The Morgan fingerprint density at radius 2 is 2.21 bits per heavy atom. The lowest BCUT2D eigenvalue weighted by Crippen LogP contribution is -2.20. The van der Waals surface area contributed by atoms with Gasteiger partial charge in [-0.1, -0.05) is 6.07 Å². The van der Waals surface area contributed by atoms with Crippen molar-refractivity contribution in [3.8, 4) is 0 Å². The number of carboxylic acids is 1. The van der Waals surface area contributed by atoms with Gasteiger partial charge in [0.1, 0.15) is 0 Å². The number of hydrogen-bond donors (Lipinski definition) is 1. The average molecular weight is 340 g/mol. The van der Waals surface area contributed by atoms with E-state index >= 15 is 0 Å². The van der Waals surface area contributed by atoms with Crippen LogP contribution in [0.25, 0.3) is 0 Å². The highest BCUT2D eigenvalue weighted by Crippen LogP contribution is 2.27. The summed E-state index contributed by atoms with van der Waals surface area (Å²) in [6.07, 6.45) is 0.987. The summed E-state index contributed by atoms with van der Waals surface area (Å²) in [6, 6.07) is 9.28. The van der Waals surface area contributed by atoms with Gasteiger partial charge < -0.3 is 10.0 Å². The fourth-order valence-electron chi connectivity index (χ4n) is 1.80. The predicted octanol–water partition coefficient (Wildman–Crippen LogP) is 3.89. The Morgan fingerprint density at radius 1 is 1.42 bits per heavy atom. The normalized spacial score (nSPS) is 10.4. The van der Waals surface area contributed by atoms with Crippen LogP contribution in [0.1, 0.15) is 15.2 Å². The molecular weight excluding hydrogens is 326 g/mol. The van der Waals surface area contributed by atoms with Gasteiger partial charge in [-0.15, -0.1) is 11.3 Å². The second-order valence-corrected chi connectivity index (χ2v) is 6.11. The molecule has 5 heteroatoms. The van der Waals surface area contributed by atoms with Crippen LogP contribution in [-0.2, 0) is 6.42 Å². The number of nitrogens with zero attached hydrogens (tertiary/aromatic N) is 1. The third kappa shape index (κ3) is 3.58. The van der Waals surface area contributed by atoms with E-state index < -0.39 is 5.97 Å². The maximum Gasteiger partial charge on any atom is 0.335 e. The van der Waals surface area contributed by atoms with E-state index in [0.717, 1.165) is 23.1 Å². The Morgan fingerprint density at radius 3 is 2.79 bits per heavy atom. The first-order valence-electron chi connectivity index (χ1n) is 5.84. The van der Waals surface area contributed by atoms with E-state index in [9.17, 15) is 4.79 Å². The molecule has 0 atom stereocenters. The van der Waals surface area contributed by atoms with Crippen molar-refractivity contribution in [3.63, 3.8) is 0 Å². The van der Waals surface area contributed by atoms with Crippen LogP contribution in [0.15, 0.2) is 40.2 Å². The van der Waals surface area contributed by atoms with E-state index in [4.69, 9.17) is 5.11 Å². The summed E-state index contributed by atoms with van der Waals surface area (Å²) in [5.41, 5.74) is 1.30. The highest BCUT2D eigenvalue weighted by Gasteiger charge is 2.10. The van der Waals surface area contributed by atoms with Crippen LogP contribution in [0.4, 0.5) is 5.69 Å². The number of thiophene rings is 1. The molecule has 1 heterocycles. The number of carboxylic acid groups (broad SMARTS) is 1. The molecule has 1 aromatic carbocycles. The SMILES string of the molecule is CN(CCc1cccs1)c1ccc(C(=O)O)cc1Br. The first kappa shape index (κ1) is 14.1. The molecule has 0 aliphatic rings. The molecule has 19 heavy (non-hydrogen) atoms. The summed E-state index contributed by atoms with van der Waals surface area (Å²) in [6.45, 7) is 0.894. The summed E-state index contributed by atoms with van der Waals surface area (Å²) < 4.78 is 0.807. The predicted molar refractivity (Wildman–Crippen MR) is 82.4 cm³/mol. The molecule has 2 rings (SSSR count). The molecule has 0 fully saturated rings. The number of halogens is 1. The highest BCUT2D eigenvalue weighted by molar-refractivity contribution is 9.10. The smallest absolute Gasteiger partial charge is 0.335 e. The zero-order valence-corrected chi connectivity index (χ0v) is 12.9. The van der Waals surface area contributed by atoms with E-state index in [0.29, 0.717) is 5.56 Å². The summed E-state index contributed by atoms with van der Waals surface area (Å²) in [5, 5.41) is 11.0. The average Bonchev–Trinajstić information content (AvgIpc) is 2.88. The molecule has 0 aliphatic carbocycles. The molecule has 0 radical (unpaired) electrons. The van der Waals surface area contributed by atoms with Gasteiger partial charge >= 0.3 is 5.97 Å². The Hall–Kier alpha value is -1.33. The maximum absolute atomic E-state index is 10.9. The topological polar surface area (TPSA) is 40.5 Å². The van der Waals surface area contributed by atoms with Crippen LogP contribution < -0.4 is 4.90 Å². The van der Waals surface area contributed by atoms with E-state index in [2.05, 4.69) is 38.3 Å². The van der Waals surface area contributed by atoms with Crippen LogP contribution in [0.3, 0.4) is 0 Å². The summed E-state index contributed by atoms with van der Waals surface area (Å²) in [4.78, 5) is 14.4. The molecule has 0 bridgehead atoms. The van der Waals surface area contributed by atoms with Crippen molar-refractivity contribution >= 4 is 38.9 Å².